The topological polar surface area (TPSA) is 58.6 Å². The third-order valence-electron chi connectivity index (χ3n) is 3.81. The lowest BCUT2D eigenvalue weighted by Crippen LogP contribution is -2.44. The van der Waals surface area contributed by atoms with E-state index in [9.17, 15) is 9.90 Å². The molecule has 0 amide bonds. The highest BCUT2D eigenvalue weighted by molar-refractivity contribution is 5.72. The maximum atomic E-state index is 11.5. The molecule has 0 radical (unpaired) electrons. The van der Waals surface area contributed by atoms with Crippen LogP contribution in [0.15, 0.2) is 0 Å². The quantitative estimate of drug-likeness (QED) is 0.752. The molecule has 112 valence electrons. The van der Waals surface area contributed by atoms with Crippen molar-refractivity contribution in [2.45, 2.75) is 65.0 Å². The Morgan fingerprint density at radius 3 is 2.32 bits per heavy atom. The smallest absolute Gasteiger partial charge is 0.308 e. The second-order valence-electron chi connectivity index (χ2n) is 6.88. The molecule has 2 N–H and O–H groups in total. The van der Waals surface area contributed by atoms with Gasteiger partial charge in [0.25, 0.3) is 0 Å². The normalized spacial score (nSPS) is 25.9. The number of methoxy groups -OCH3 is 1. The van der Waals surface area contributed by atoms with Gasteiger partial charge in [-0.2, -0.15) is 0 Å². The van der Waals surface area contributed by atoms with Gasteiger partial charge >= 0.3 is 5.97 Å². The van der Waals surface area contributed by atoms with Crippen LogP contribution >= 0.6 is 0 Å². The van der Waals surface area contributed by atoms with Gasteiger partial charge in [-0.1, -0.05) is 20.8 Å². The van der Waals surface area contributed by atoms with Crippen molar-refractivity contribution in [3.05, 3.63) is 0 Å². The Hall–Kier alpha value is -0.610. The molecule has 1 aliphatic carbocycles. The van der Waals surface area contributed by atoms with Crippen molar-refractivity contribution in [2.75, 3.05) is 13.7 Å². The number of esters is 1. The molecular weight excluding hydrogens is 242 g/mol. The Morgan fingerprint density at radius 2 is 1.89 bits per heavy atom. The molecule has 1 atom stereocenters. The van der Waals surface area contributed by atoms with E-state index in [-0.39, 0.29) is 30.0 Å². The van der Waals surface area contributed by atoms with Crippen LogP contribution in [-0.2, 0) is 9.53 Å². The lowest BCUT2D eigenvalue weighted by atomic mass is 9.84. The Bertz CT molecular complexity index is 278. The van der Waals surface area contributed by atoms with Crippen LogP contribution < -0.4 is 5.32 Å². The zero-order valence-corrected chi connectivity index (χ0v) is 12.7. The van der Waals surface area contributed by atoms with Gasteiger partial charge in [0.15, 0.2) is 0 Å². The highest BCUT2D eigenvalue weighted by Gasteiger charge is 2.28. The van der Waals surface area contributed by atoms with Crippen LogP contribution in [0.5, 0.6) is 0 Å². The number of nitrogens with one attached hydrogen (secondary N) is 1. The fourth-order valence-corrected chi connectivity index (χ4v) is 2.91. The van der Waals surface area contributed by atoms with E-state index in [1.54, 1.807) is 0 Å². The third kappa shape index (κ3) is 5.91. The largest absolute Gasteiger partial charge is 0.469 e. The van der Waals surface area contributed by atoms with E-state index in [1.165, 1.54) is 7.11 Å². The van der Waals surface area contributed by atoms with Crippen molar-refractivity contribution in [3.8, 4) is 0 Å². The summed E-state index contributed by atoms with van der Waals surface area (Å²) >= 11 is 0. The van der Waals surface area contributed by atoms with Crippen molar-refractivity contribution in [1.29, 1.82) is 0 Å². The van der Waals surface area contributed by atoms with E-state index in [0.717, 1.165) is 32.1 Å². The predicted molar refractivity (Wildman–Crippen MR) is 75.8 cm³/mol. The zero-order valence-electron chi connectivity index (χ0n) is 12.7. The summed E-state index contributed by atoms with van der Waals surface area (Å²) in [4.78, 5) is 11.5. The number of hydrogen-bond donors (Lipinski definition) is 2. The molecule has 0 aliphatic heterocycles. The van der Waals surface area contributed by atoms with E-state index < -0.39 is 0 Å². The molecule has 1 rings (SSSR count). The molecular formula is C15H29NO3. The number of carbonyl (C=O) groups is 1. The summed E-state index contributed by atoms with van der Waals surface area (Å²) in [5, 5.41) is 13.0. The van der Waals surface area contributed by atoms with Crippen LogP contribution in [0.2, 0.25) is 0 Å². The van der Waals surface area contributed by atoms with E-state index in [4.69, 9.17) is 4.74 Å². The molecule has 4 heteroatoms. The fraction of sp³-hybridized carbons (Fsp3) is 0.933. The molecule has 4 nitrogen and oxygen atoms in total. The van der Waals surface area contributed by atoms with Gasteiger partial charge in [0.2, 0.25) is 0 Å². The minimum absolute atomic E-state index is 0.0678. The average molecular weight is 271 g/mol. The Balaban J connectivity index is 2.37. The lowest BCUT2D eigenvalue weighted by Gasteiger charge is -2.33. The van der Waals surface area contributed by atoms with E-state index in [0.29, 0.717) is 6.04 Å². The van der Waals surface area contributed by atoms with Crippen molar-refractivity contribution < 1.29 is 14.6 Å². The molecule has 0 bridgehead atoms. The van der Waals surface area contributed by atoms with Gasteiger partial charge in [-0.25, -0.2) is 0 Å². The summed E-state index contributed by atoms with van der Waals surface area (Å²) < 4.78 is 4.79. The molecule has 0 unspecified atom stereocenters. The van der Waals surface area contributed by atoms with E-state index >= 15 is 0 Å². The van der Waals surface area contributed by atoms with Crippen molar-refractivity contribution in [3.63, 3.8) is 0 Å². The first-order valence-corrected chi connectivity index (χ1v) is 7.30. The van der Waals surface area contributed by atoms with Gasteiger partial charge < -0.3 is 15.2 Å². The number of ether oxygens (including phenoxy) is 1. The zero-order chi connectivity index (χ0) is 14.5. The van der Waals surface area contributed by atoms with Crippen LogP contribution in [-0.4, -0.2) is 36.9 Å². The third-order valence-corrected chi connectivity index (χ3v) is 3.81. The summed E-state index contributed by atoms with van der Waals surface area (Å²) in [6.45, 7) is 6.73. The molecule has 1 saturated carbocycles. The average Bonchev–Trinajstić information content (AvgIpc) is 2.36. The first kappa shape index (κ1) is 16.4. The van der Waals surface area contributed by atoms with Gasteiger partial charge in [0, 0.05) is 12.1 Å². The molecule has 0 spiro atoms. The number of aliphatic hydroxyl groups excluding tert-OH is 1. The van der Waals surface area contributed by atoms with Crippen LogP contribution in [0.4, 0.5) is 0 Å². The van der Waals surface area contributed by atoms with Gasteiger partial charge in [0.05, 0.1) is 19.6 Å². The molecule has 1 aliphatic rings. The van der Waals surface area contributed by atoms with Gasteiger partial charge in [-0.15, -0.1) is 0 Å². The van der Waals surface area contributed by atoms with E-state index in [1.807, 2.05) is 0 Å². The lowest BCUT2D eigenvalue weighted by molar-refractivity contribution is -0.146. The first-order valence-electron chi connectivity index (χ1n) is 7.30. The van der Waals surface area contributed by atoms with Gasteiger partial charge in [0.1, 0.15) is 0 Å². The van der Waals surface area contributed by atoms with E-state index in [2.05, 4.69) is 26.1 Å². The maximum Gasteiger partial charge on any atom is 0.308 e. The standard InChI is InChI=1S/C15H29NO3/c1-15(2,3)9-13(10-17)16-12-7-5-11(6-8-12)14(18)19-4/h11-13,16-17H,5-10H2,1-4H3/t11?,12?,13-/m1/s1. The van der Waals surface area contributed by atoms with Crippen LogP contribution in [0.1, 0.15) is 52.9 Å². The minimum atomic E-state index is -0.0770. The summed E-state index contributed by atoms with van der Waals surface area (Å²) in [5.41, 5.74) is 0.212. The highest BCUT2D eigenvalue weighted by atomic mass is 16.5. The molecule has 0 heterocycles. The molecule has 19 heavy (non-hydrogen) atoms. The molecule has 1 fully saturated rings. The van der Waals surface area contributed by atoms with Crippen molar-refractivity contribution in [1.82, 2.24) is 5.32 Å². The Morgan fingerprint density at radius 1 is 1.32 bits per heavy atom. The molecule has 0 aromatic rings. The van der Waals surface area contributed by atoms with Crippen LogP contribution in [0, 0.1) is 11.3 Å². The molecule has 0 aromatic heterocycles. The van der Waals surface area contributed by atoms with Crippen molar-refractivity contribution in [2.24, 2.45) is 11.3 Å². The Labute approximate surface area is 116 Å². The number of hydrogen-bond acceptors (Lipinski definition) is 4. The monoisotopic (exact) mass is 271 g/mol. The summed E-state index contributed by atoms with van der Waals surface area (Å²) in [6, 6.07) is 0.570. The maximum absolute atomic E-state index is 11.5. The minimum Gasteiger partial charge on any atom is -0.469 e. The second-order valence-corrected chi connectivity index (χ2v) is 6.88. The number of carbonyl (C=O) groups excluding carboxylic acids is 1. The van der Waals surface area contributed by atoms with Crippen LogP contribution in [0.25, 0.3) is 0 Å². The SMILES string of the molecule is COC(=O)C1CCC(N[C@@H](CO)CC(C)(C)C)CC1. The summed E-state index contributed by atoms with van der Waals surface area (Å²) in [7, 11) is 1.46. The Kier molecular flexibility index (Phi) is 6.27. The number of aliphatic hydroxyl groups is 1. The molecule has 0 saturated heterocycles. The predicted octanol–water partition coefficient (Wildman–Crippen LogP) is 2.10. The second kappa shape index (κ2) is 7.25. The fourth-order valence-electron chi connectivity index (χ4n) is 2.91. The summed E-state index contributed by atoms with van der Waals surface area (Å²) in [6.07, 6.45) is 4.71. The molecule has 0 aromatic carbocycles. The van der Waals surface area contributed by atoms with Crippen molar-refractivity contribution >= 4 is 5.97 Å². The highest BCUT2D eigenvalue weighted by Crippen LogP contribution is 2.27. The first-order chi connectivity index (χ1) is 8.85. The van der Waals surface area contributed by atoms with Gasteiger partial charge in [-0.05, 0) is 37.5 Å². The van der Waals surface area contributed by atoms with Gasteiger partial charge in [-0.3, -0.25) is 4.79 Å². The van der Waals surface area contributed by atoms with Crippen LogP contribution in [0.3, 0.4) is 0 Å². The summed E-state index contributed by atoms with van der Waals surface area (Å²) in [5.74, 6) is -0.00917. The number of rotatable bonds is 5.